The number of aliphatic carboxylic acids is 1. The smallest absolute Gasteiger partial charge is 0.307 e. The molecule has 2 rings (SSSR count). The monoisotopic (exact) mass is 190 g/mol. The Morgan fingerprint density at radius 1 is 1.29 bits per heavy atom. The first-order valence-corrected chi connectivity index (χ1v) is 5.06. The predicted octanol–water partition coefficient (Wildman–Crippen LogP) is 2.58. The van der Waals surface area contributed by atoms with Crippen molar-refractivity contribution in [1.82, 2.24) is 0 Å². The summed E-state index contributed by atoms with van der Waals surface area (Å²) < 4.78 is 0. The summed E-state index contributed by atoms with van der Waals surface area (Å²) in [6.07, 6.45) is 4.04. The Morgan fingerprint density at radius 2 is 1.93 bits per heavy atom. The van der Waals surface area contributed by atoms with Crippen LogP contribution in [-0.2, 0) is 11.2 Å². The summed E-state index contributed by atoms with van der Waals surface area (Å²) in [6, 6.07) is 8.01. The first-order chi connectivity index (χ1) is 6.75. The number of benzene rings is 1. The first-order valence-electron chi connectivity index (χ1n) is 5.06. The third kappa shape index (κ3) is 1.95. The van der Waals surface area contributed by atoms with Crippen molar-refractivity contribution < 1.29 is 9.90 Å². The molecule has 0 aromatic heterocycles. The molecule has 1 fully saturated rings. The summed E-state index contributed by atoms with van der Waals surface area (Å²) in [7, 11) is 0. The molecule has 0 atom stereocenters. The van der Waals surface area contributed by atoms with E-state index in [4.69, 9.17) is 5.11 Å². The highest BCUT2D eigenvalue weighted by molar-refractivity contribution is 5.70. The van der Waals surface area contributed by atoms with Gasteiger partial charge in [-0.25, -0.2) is 0 Å². The molecule has 0 unspecified atom stereocenters. The summed E-state index contributed by atoms with van der Waals surface area (Å²) in [5, 5.41) is 8.60. The molecule has 1 saturated carbocycles. The lowest BCUT2D eigenvalue weighted by atomic mass is 9.80. The van der Waals surface area contributed by atoms with Crippen molar-refractivity contribution in [3.63, 3.8) is 0 Å². The molecule has 0 amide bonds. The van der Waals surface area contributed by atoms with Crippen LogP contribution in [0.25, 0.3) is 0 Å². The molecule has 2 nitrogen and oxygen atoms in total. The zero-order chi connectivity index (χ0) is 9.97. The topological polar surface area (TPSA) is 37.3 Å². The Hall–Kier alpha value is -1.31. The molecule has 0 aliphatic heterocycles. The number of carboxylic acids is 1. The van der Waals surface area contributed by atoms with E-state index in [1.807, 2.05) is 12.1 Å². The van der Waals surface area contributed by atoms with E-state index >= 15 is 0 Å². The van der Waals surface area contributed by atoms with Crippen LogP contribution in [0.2, 0.25) is 0 Å². The Bertz CT molecular complexity index is 323. The molecule has 1 aromatic rings. The first kappa shape index (κ1) is 9.25. The minimum atomic E-state index is -0.763. The van der Waals surface area contributed by atoms with Crippen LogP contribution in [0.1, 0.15) is 36.3 Å². The summed E-state index contributed by atoms with van der Waals surface area (Å²) in [5.74, 6) is -0.0322. The molecule has 1 aromatic carbocycles. The maximum Gasteiger partial charge on any atom is 0.307 e. The molecule has 1 N–H and O–H groups in total. The van der Waals surface area contributed by atoms with Crippen LogP contribution < -0.4 is 0 Å². The SMILES string of the molecule is O=C(O)Cc1ccc(C2CCC2)cc1. The largest absolute Gasteiger partial charge is 0.481 e. The second-order valence-electron chi connectivity index (χ2n) is 3.94. The fourth-order valence-corrected chi connectivity index (χ4v) is 1.82. The van der Waals surface area contributed by atoms with Gasteiger partial charge in [0, 0.05) is 0 Å². The van der Waals surface area contributed by atoms with Crippen LogP contribution in [0.4, 0.5) is 0 Å². The minimum absolute atomic E-state index is 0.130. The van der Waals surface area contributed by atoms with Gasteiger partial charge >= 0.3 is 5.97 Å². The fourth-order valence-electron chi connectivity index (χ4n) is 1.82. The van der Waals surface area contributed by atoms with Gasteiger partial charge in [-0.2, -0.15) is 0 Å². The van der Waals surface area contributed by atoms with E-state index in [2.05, 4.69) is 12.1 Å². The fraction of sp³-hybridized carbons (Fsp3) is 0.417. The van der Waals surface area contributed by atoms with E-state index in [-0.39, 0.29) is 6.42 Å². The predicted molar refractivity (Wildman–Crippen MR) is 54.4 cm³/mol. The quantitative estimate of drug-likeness (QED) is 0.795. The molecular weight excluding hydrogens is 176 g/mol. The third-order valence-electron chi connectivity index (χ3n) is 2.91. The van der Waals surface area contributed by atoms with Crippen molar-refractivity contribution in [2.75, 3.05) is 0 Å². The van der Waals surface area contributed by atoms with Crippen LogP contribution in [-0.4, -0.2) is 11.1 Å². The Morgan fingerprint density at radius 3 is 2.36 bits per heavy atom. The van der Waals surface area contributed by atoms with Gasteiger partial charge in [0.1, 0.15) is 0 Å². The van der Waals surface area contributed by atoms with Gasteiger partial charge in [-0.1, -0.05) is 30.7 Å². The average Bonchev–Trinajstić information content (AvgIpc) is 2.04. The standard InChI is InChI=1S/C12H14O2/c13-12(14)8-9-4-6-11(7-5-9)10-2-1-3-10/h4-7,10H,1-3,8H2,(H,13,14). The van der Waals surface area contributed by atoms with Gasteiger partial charge in [-0.05, 0) is 29.9 Å². The second kappa shape index (κ2) is 3.82. The van der Waals surface area contributed by atoms with E-state index in [0.29, 0.717) is 0 Å². The molecule has 74 valence electrons. The van der Waals surface area contributed by atoms with E-state index in [9.17, 15) is 4.79 Å². The highest BCUT2D eigenvalue weighted by Crippen LogP contribution is 2.36. The zero-order valence-electron chi connectivity index (χ0n) is 8.07. The van der Waals surface area contributed by atoms with Crippen molar-refractivity contribution in [3.05, 3.63) is 35.4 Å². The van der Waals surface area contributed by atoms with Gasteiger partial charge in [0.05, 0.1) is 6.42 Å². The Labute approximate surface area is 83.6 Å². The lowest BCUT2D eigenvalue weighted by molar-refractivity contribution is -0.136. The van der Waals surface area contributed by atoms with E-state index in [1.54, 1.807) is 0 Å². The Kier molecular flexibility index (Phi) is 2.53. The van der Waals surface area contributed by atoms with Crippen molar-refractivity contribution in [2.24, 2.45) is 0 Å². The summed E-state index contributed by atoms with van der Waals surface area (Å²) in [5.41, 5.74) is 2.26. The number of carbonyl (C=O) groups is 1. The van der Waals surface area contributed by atoms with Crippen molar-refractivity contribution >= 4 is 5.97 Å². The number of rotatable bonds is 3. The highest BCUT2D eigenvalue weighted by atomic mass is 16.4. The molecule has 1 aliphatic carbocycles. The van der Waals surface area contributed by atoms with Gasteiger partial charge in [0.15, 0.2) is 0 Å². The van der Waals surface area contributed by atoms with Crippen molar-refractivity contribution in [1.29, 1.82) is 0 Å². The lowest BCUT2D eigenvalue weighted by Crippen LogP contribution is -2.08. The summed E-state index contributed by atoms with van der Waals surface area (Å²) in [4.78, 5) is 10.5. The zero-order valence-corrected chi connectivity index (χ0v) is 8.07. The van der Waals surface area contributed by atoms with Gasteiger partial charge in [0.2, 0.25) is 0 Å². The van der Waals surface area contributed by atoms with Gasteiger partial charge in [0.25, 0.3) is 0 Å². The van der Waals surface area contributed by atoms with E-state index in [1.165, 1.54) is 24.8 Å². The van der Waals surface area contributed by atoms with Crippen LogP contribution >= 0.6 is 0 Å². The van der Waals surface area contributed by atoms with Crippen LogP contribution in [0.15, 0.2) is 24.3 Å². The van der Waals surface area contributed by atoms with Gasteiger partial charge in [-0.3, -0.25) is 4.79 Å². The molecule has 14 heavy (non-hydrogen) atoms. The molecule has 0 spiro atoms. The molecule has 2 heteroatoms. The van der Waals surface area contributed by atoms with Crippen LogP contribution in [0, 0.1) is 0 Å². The van der Waals surface area contributed by atoms with Crippen LogP contribution in [0.5, 0.6) is 0 Å². The highest BCUT2D eigenvalue weighted by Gasteiger charge is 2.18. The van der Waals surface area contributed by atoms with Crippen LogP contribution in [0.3, 0.4) is 0 Å². The minimum Gasteiger partial charge on any atom is -0.481 e. The number of carboxylic acid groups (broad SMARTS) is 1. The maximum atomic E-state index is 10.5. The third-order valence-corrected chi connectivity index (χ3v) is 2.91. The molecule has 0 heterocycles. The summed E-state index contributed by atoms with van der Waals surface area (Å²) >= 11 is 0. The second-order valence-corrected chi connectivity index (χ2v) is 3.94. The molecule has 1 aliphatic rings. The molecule has 0 radical (unpaired) electrons. The van der Waals surface area contributed by atoms with Crippen molar-refractivity contribution in [3.8, 4) is 0 Å². The molecule has 0 bridgehead atoms. The number of hydrogen-bond donors (Lipinski definition) is 1. The van der Waals surface area contributed by atoms with Gasteiger partial charge < -0.3 is 5.11 Å². The Balaban J connectivity index is 2.05. The van der Waals surface area contributed by atoms with Gasteiger partial charge in [-0.15, -0.1) is 0 Å². The lowest BCUT2D eigenvalue weighted by Gasteiger charge is -2.25. The van der Waals surface area contributed by atoms with Crippen molar-refractivity contribution in [2.45, 2.75) is 31.6 Å². The molecule has 0 saturated heterocycles. The number of hydrogen-bond acceptors (Lipinski definition) is 1. The maximum absolute atomic E-state index is 10.5. The average molecular weight is 190 g/mol. The summed E-state index contributed by atoms with van der Waals surface area (Å²) in [6.45, 7) is 0. The normalized spacial score (nSPS) is 16.3. The molecular formula is C12H14O2. The van der Waals surface area contributed by atoms with E-state index in [0.717, 1.165) is 11.5 Å². The van der Waals surface area contributed by atoms with E-state index < -0.39 is 5.97 Å².